The van der Waals surface area contributed by atoms with Crippen LogP contribution in [0.15, 0.2) is 30.3 Å². The quantitative estimate of drug-likeness (QED) is 0.137. The molecule has 0 aliphatic carbocycles. The number of nitrogens with two attached hydrogens (primary N) is 1. The number of nitrogens with one attached hydrogen (secondary N) is 2. The highest BCUT2D eigenvalue weighted by Gasteiger charge is 2.43. The minimum atomic E-state index is -1.14. The molecule has 1 fully saturated rings. The number of nitrogens with zero attached hydrogens (tertiary/aromatic N) is 3. The molecule has 1 aliphatic rings. The lowest BCUT2D eigenvalue weighted by molar-refractivity contribution is -0.147. The van der Waals surface area contributed by atoms with Crippen molar-refractivity contribution in [3.63, 3.8) is 0 Å². The van der Waals surface area contributed by atoms with Crippen molar-refractivity contribution in [2.45, 2.75) is 129 Å². The minimum Gasteiger partial charge on any atom is -0.480 e. The average molecular weight is 761 g/mol. The van der Waals surface area contributed by atoms with Gasteiger partial charge in [0.25, 0.3) is 0 Å². The van der Waals surface area contributed by atoms with Gasteiger partial charge in [-0.2, -0.15) is 0 Å². The number of benzene rings is 1. The fraction of sp³-hybridized carbons (Fsp3) is 0.725. The number of likely N-dealkylation sites (N-methyl/N-ethyl adjacent to an activating group) is 1. The van der Waals surface area contributed by atoms with Crippen LogP contribution in [-0.2, 0) is 35.1 Å². The van der Waals surface area contributed by atoms with Crippen LogP contribution in [0, 0.1) is 17.8 Å². The highest BCUT2D eigenvalue weighted by atomic mass is 16.5. The topological polar surface area (TPSA) is 184 Å². The van der Waals surface area contributed by atoms with Crippen molar-refractivity contribution in [1.82, 2.24) is 25.3 Å². The molecule has 8 atom stereocenters. The van der Waals surface area contributed by atoms with Crippen molar-refractivity contribution in [2.75, 3.05) is 40.9 Å². The normalized spacial score (nSPS) is 18.3. The van der Waals surface area contributed by atoms with E-state index in [-0.39, 0.29) is 48.6 Å². The third-order valence-corrected chi connectivity index (χ3v) is 10.9. The molecular weight excluding hydrogens is 692 g/mol. The van der Waals surface area contributed by atoms with Gasteiger partial charge in [0, 0.05) is 46.8 Å². The number of hydrogen-bond acceptors (Lipinski definition) is 8. The largest absolute Gasteiger partial charge is 0.480 e. The molecule has 1 aromatic carbocycles. The maximum absolute atomic E-state index is 14.2. The van der Waals surface area contributed by atoms with Gasteiger partial charge in [-0.1, -0.05) is 71.4 Å². The zero-order valence-electron chi connectivity index (χ0n) is 34.2. The van der Waals surface area contributed by atoms with Crippen LogP contribution in [0.1, 0.15) is 86.1 Å². The summed E-state index contributed by atoms with van der Waals surface area (Å²) in [6, 6.07) is 5.82. The second-order valence-corrected chi connectivity index (χ2v) is 15.3. The molecule has 0 aromatic heterocycles. The number of urea groups is 1. The van der Waals surface area contributed by atoms with Crippen LogP contribution in [-0.4, -0.2) is 133 Å². The fourth-order valence-electron chi connectivity index (χ4n) is 7.46. The summed E-state index contributed by atoms with van der Waals surface area (Å²) in [5.74, 6) is -3.11. The molecule has 0 unspecified atom stereocenters. The Morgan fingerprint density at radius 2 is 1.65 bits per heavy atom. The van der Waals surface area contributed by atoms with Crippen LogP contribution >= 0.6 is 0 Å². The first-order chi connectivity index (χ1) is 25.5. The second-order valence-electron chi connectivity index (χ2n) is 15.3. The molecule has 306 valence electrons. The Morgan fingerprint density at radius 3 is 2.17 bits per heavy atom. The molecular formula is C40H68N6O8. The Bertz CT molecular complexity index is 1350. The summed E-state index contributed by atoms with van der Waals surface area (Å²) in [6.45, 7) is 14.7. The highest BCUT2D eigenvalue weighted by molar-refractivity contribution is 5.88. The summed E-state index contributed by atoms with van der Waals surface area (Å²) < 4.78 is 11.9. The van der Waals surface area contributed by atoms with E-state index in [4.69, 9.17) is 15.2 Å². The first-order valence-corrected chi connectivity index (χ1v) is 19.5. The smallest absolute Gasteiger partial charge is 0.326 e. The van der Waals surface area contributed by atoms with E-state index in [1.807, 2.05) is 71.9 Å². The molecule has 2 rings (SSSR count). The number of carboxylic acids is 1. The summed E-state index contributed by atoms with van der Waals surface area (Å²) in [4.78, 5) is 72.4. The number of rotatable bonds is 22. The molecule has 1 aliphatic heterocycles. The van der Waals surface area contributed by atoms with Crippen molar-refractivity contribution >= 4 is 29.7 Å². The van der Waals surface area contributed by atoms with Gasteiger partial charge in [-0.05, 0) is 57.1 Å². The molecule has 0 bridgehead atoms. The Balaban J connectivity index is 2.26. The highest BCUT2D eigenvalue weighted by Crippen LogP contribution is 2.30. The van der Waals surface area contributed by atoms with E-state index in [9.17, 15) is 29.1 Å². The van der Waals surface area contributed by atoms with Crippen molar-refractivity contribution in [3.05, 3.63) is 35.9 Å². The monoisotopic (exact) mass is 761 g/mol. The number of carbonyl (C=O) groups is 5. The van der Waals surface area contributed by atoms with Crippen LogP contribution in [0.2, 0.25) is 0 Å². The third-order valence-electron chi connectivity index (χ3n) is 10.9. The fourth-order valence-corrected chi connectivity index (χ4v) is 7.46. The first kappa shape index (κ1) is 46.4. The number of hydrogen-bond donors (Lipinski definition) is 4. The van der Waals surface area contributed by atoms with Gasteiger partial charge in [0.15, 0.2) is 0 Å². The number of carbonyl (C=O) groups excluding carboxylic acids is 4. The molecule has 1 aromatic rings. The summed E-state index contributed by atoms with van der Waals surface area (Å²) in [6.07, 6.45) is 1.41. The number of carboxylic acid groups (broad SMARTS) is 1. The molecule has 14 nitrogen and oxygen atoms in total. The molecule has 1 saturated heterocycles. The summed E-state index contributed by atoms with van der Waals surface area (Å²) in [5.41, 5.74) is 6.49. The molecule has 5 amide bonds. The Hall–Kier alpha value is -3.75. The van der Waals surface area contributed by atoms with E-state index in [1.54, 1.807) is 28.7 Å². The first-order valence-electron chi connectivity index (χ1n) is 19.5. The minimum absolute atomic E-state index is 0.0201. The third kappa shape index (κ3) is 12.7. The molecule has 0 saturated carbocycles. The van der Waals surface area contributed by atoms with Crippen molar-refractivity contribution in [2.24, 2.45) is 23.5 Å². The van der Waals surface area contributed by atoms with Gasteiger partial charge in [-0.25, -0.2) is 9.59 Å². The van der Waals surface area contributed by atoms with E-state index < -0.39 is 54.2 Å². The Labute approximate surface area is 322 Å². The van der Waals surface area contributed by atoms with Gasteiger partial charge in [0.2, 0.25) is 17.7 Å². The lowest BCUT2D eigenvalue weighted by atomic mass is 9.89. The van der Waals surface area contributed by atoms with Crippen LogP contribution in [0.3, 0.4) is 0 Å². The van der Waals surface area contributed by atoms with E-state index in [0.29, 0.717) is 45.3 Å². The number of ether oxygens (including phenoxy) is 2. The number of amides is 5. The van der Waals surface area contributed by atoms with Gasteiger partial charge in [-0.3, -0.25) is 14.4 Å². The summed E-state index contributed by atoms with van der Waals surface area (Å²) in [7, 11) is 4.73. The van der Waals surface area contributed by atoms with Crippen LogP contribution in [0.5, 0.6) is 0 Å². The molecule has 0 spiro atoms. The zero-order chi connectivity index (χ0) is 40.7. The van der Waals surface area contributed by atoms with E-state index in [0.717, 1.165) is 5.56 Å². The Morgan fingerprint density at radius 1 is 1.00 bits per heavy atom. The van der Waals surface area contributed by atoms with Crippen molar-refractivity contribution < 1.29 is 38.6 Å². The number of likely N-dealkylation sites (tertiary alicyclic amines) is 1. The van der Waals surface area contributed by atoms with Crippen LogP contribution in [0.4, 0.5) is 4.79 Å². The average Bonchev–Trinajstić information content (AvgIpc) is 3.62. The van der Waals surface area contributed by atoms with E-state index in [2.05, 4.69) is 10.6 Å². The predicted octanol–water partition coefficient (Wildman–Crippen LogP) is 3.51. The maximum atomic E-state index is 14.2. The zero-order valence-corrected chi connectivity index (χ0v) is 34.2. The summed E-state index contributed by atoms with van der Waals surface area (Å²) in [5, 5.41) is 15.5. The van der Waals surface area contributed by atoms with Crippen molar-refractivity contribution in [3.8, 4) is 0 Å². The molecule has 54 heavy (non-hydrogen) atoms. The lowest BCUT2D eigenvalue weighted by Gasteiger charge is -2.41. The Kier molecular flexibility index (Phi) is 19.4. The SMILES string of the molecule is CC[C@H](C)[C@@H]([C@@H](CC(=O)N1CCC[C@H]1[C@H](OC)[C@@H](C)C(=O)N[C@@H](Cc1ccccc1)C(=O)O)OC)N(C)C(=O)[C@@H](NC(=O)N(CCCN)C(C)C)C(C)C. The maximum Gasteiger partial charge on any atom is 0.326 e. The van der Waals surface area contributed by atoms with E-state index >= 15 is 0 Å². The van der Waals surface area contributed by atoms with Gasteiger partial charge in [0.05, 0.1) is 36.6 Å². The number of aliphatic carboxylic acids is 1. The van der Waals surface area contributed by atoms with Crippen molar-refractivity contribution in [1.29, 1.82) is 0 Å². The van der Waals surface area contributed by atoms with E-state index in [1.165, 1.54) is 14.2 Å². The van der Waals surface area contributed by atoms with Gasteiger partial charge < -0.3 is 45.6 Å². The summed E-state index contributed by atoms with van der Waals surface area (Å²) >= 11 is 0. The van der Waals surface area contributed by atoms with Crippen LogP contribution in [0.25, 0.3) is 0 Å². The molecule has 1 heterocycles. The number of methoxy groups -OCH3 is 2. The van der Waals surface area contributed by atoms with Crippen LogP contribution < -0.4 is 16.4 Å². The molecule has 14 heteroatoms. The standard InChI is InChI=1S/C40H68N6O8/c1-11-27(6)35(44(8)38(49)34(25(2)3)43-40(52)45(26(4)5)22-16-20-41)32(53-9)24-33(47)46-21-15-19-31(46)36(54-10)28(7)37(48)42-30(39(50)51)23-29-17-13-12-14-18-29/h12-14,17-18,25-28,30-32,34-36H,11,15-16,19-24,41H2,1-10H3,(H,42,48)(H,43,52)(H,50,51)/t27-,28+,30-,31-,32+,34-,35-,36+/m0/s1. The van der Waals surface area contributed by atoms with Gasteiger partial charge in [0.1, 0.15) is 12.1 Å². The van der Waals surface area contributed by atoms with Gasteiger partial charge in [-0.15, -0.1) is 0 Å². The molecule has 5 N–H and O–H groups in total. The second kappa shape index (κ2) is 22.6. The van der Waals surface area contributed by atoms with Gasteiger partial charge >= 0.3 is 12.0 Å². The lowest BCUT2D eigenvalue weighted by Crippen LogP contribution is -2.59. The molecule has 0 radical (unpaired) electrons. The predicted molar refractivity (Wildman–Crippen MR) is 209 cm³/mol.